The normalized spacial score (nSPS) is 10.2. The van der Waals surface area contributed by atoms with Gasteiger partial charge in [-0.3, -0.25) is 9.59 Å². The van der Waals surface area contributed by atoms with Gasteiger partial charge in [-0.1, -0.05) is 0 Å². The van der Waals surface area contributed by atoms with Gasteiger partial charge in [0.25, 0.3) is 11.5 Å². The number of nitrogen functional groups attached to an aromatic ring is 1. The number of hydrogen-bond acceptors (Lipinski definition) is 6. The second-order valence-corrected chi connectivity index (χ2v) is 4.27. The number of nitrogens with zero attached hydrogens (tertiary/aromatic N) is 2. The van der Waals surface area contributed by atoms with Gasteiger partial charge in [0.2, 0.25) is 0 Å². The highest BCUT2D eigenvalue weighted by molar-refractivity contribution is 7.99. The number of amides is 1. The maximum Gasteiger partial charge on any atom is 0.267 e. The van der Waals surface area contributed by atoms with Gasteiger partial charge < -0.3 is 16.5 Å². The van der Waals surface area contributed by atoms with E-state index in [1.54, 1.807) is 0 Å². The maximum atomic E-state index is 11.1. The number of aromatic nitrogens is 3. The van der Waals surface area contributed by atoms with Gasteiger partial charge in [0.05, 0.1) is 5.69 Å². The lowest BCUT2D eigenvalue weighted by atomic mass is 10.3. The van der Waals surface area contributed by atoms with Crippen molar-refractivity contribution in [2.75, 3.05) is 5.73 Å². The van der Waals surface area contributed by atoms with Crippen molar-refractivity contribution < 1.29 is 4.79 Å². The molecule has 18 heavy (non-hydrogen) atoms. The summed E-state index contributed by atoms with van der Waals surface area (Å²) in [6.45, 7) is 0. The fraction of sp³-hybridized carbons (Fsp3) is 0. The smallest absolute Gasteiger partial charge is 0.267 e. The molecule has 5 N–H and O–H groups in total. The number of H-pyrrole nitrogens is 1. The Morgan fingerprint density at radius 3 is 2.78 bits per heavy atom. The van der Waals surface area contributed by atoms with Crippen LogP contribution in [-0.2, 0) is 0 Å². The second kappa shape index (κ2) is 4.88. The number of pyridine rings is 1. The van der Waals surface area contributed by atoms with Gasteiger partial charge in [0, 0.05) is 12.3 Å². The predicted octanol–water partition coefficient (Wildman–Crippen LogP) is -0.00280. The molecule has 2 aromatic rings. The first-order chi connectivity index (χ1) is 8.56. The number of aromatic amines is 1. The number of nitrogens with two attached hydrogens (primary N) is 2. The lowest BCUT2D eigenvalue weighted by Crippen LogP contribution is -2.13. The zero-order valence-electron chi connectivity index (χ0n) is 9.08. The van der Waals surface area contributed by atoms with E-state index in [9.17, 15) is 9.59 Å². The highest BCUT2D eigenvalue weighted by atomic mass is 32.2. The van der Waals surface area contributed by atoms with Gasteiger partial charge >= 0.3 is 0 Å². The average Bonchev–Trinajstić information content (AvgIpc) is 2.31. The summed E-state index contributed by atoms with van der Waals surface area (Å²) in [5.74, 6) is -0.647. The fourth-order valence-electron chi connectivity index (χ4n) is 1.17. The molecule has 0 bridgehead atoms. The van der Waals surface area contributed by atoms with Crippen molar-refractivity contribution in [2.45, 2.75) is 10.2 Å². The minimum Gasteiger partial charge on any atom is -0.397 e. The van der Waals surface area contributed by atoms with Crippen LogP contribution >= 0.6 is 11.8 Å². The molecule has 2 aromatic heterocycles. The van der Waals surface area contributed by atoms with Crippen LogP contribution in [0.25, 0.3) is 0 Å². The van der Waals surface area contributed by atoms with E-state index in [4.69, 9.17) is 11.5 Å². The SMILES string of the molecule is NC(=O)c1ccc(N)c(Sc2nccc(=O)[nH]2)n1. The summed E-state index contributed by atoms with van der Waals surface area (Å²) in [4.78, 5) is 32.6. The predicted molar refractivity (Wildman–Crippen MR) is 66.1 cm³/mol. The minimum atomic E-state index is -0.647. The summed E-state index contributed by atoms with van der Waals surface area (Å²) in [6, 6.07) is 4.25. The van der Waals surface area contributed by atoms with Crippen molar-refractivity contribution in [1.29, 1.82) is 0 Å². The topological polar surface area (TPSA) is 128 Å². The van der Waals surface area contributed by atoms with Crippen LogP contribution in [0.5, 0.6) is 0 Å². The number of carbonyl (C=O) groups excluding carboxylic acids is 1. The molecule has 0 aliphatic rings. The molecule has 8 heteroatoms. The van der Waals surface area contributed by atoms with E-state index in [0.29, 0.717) is 15.9 Å². The van der Waals surface area contributed by atoms with Crippen LogP contribution in [0.2, 0.25) is 0 Å². The van der Waals surface area contributed by atoms with E-state index >= 15 is 0 Å². The van der Waals surface area contributed by atoms with E-state index in [1.807, 2.05) is 0 Å². The molecule has 0 fully saturated rings. The number of primary amides is 1. The molecule has 0 radical (unpaired) electrons. The van der Waals surface area contributed by atoms with Crippen molar-refractivity contribution in [3.63, 3.8) is 0 Å². The minimum absolute atomic E-state index is 0.102. The molecule has 0 aliphatic heterocycles. The Hall–Kier alpha value is -2.35. The van der Waals surface area contributed by atoms with Crippen LogP contribution in [0.3, 0.4) is 0 Å². The molecule has 7 nitrogen and oxygen atoms in total. The van der Waals surface area contributed by atoms with Crippen LogP contribution in [0.4, 0.5) is 5.69 Å². The Morgan fingerprint density at radius 1 is 1.33 bits per heavy atom. The van der Waals surface area contributed by atoms with Gasteiger partial charge in [-0.05, 0) is 23.9 Å². The number of rotatable bonds is 3. The lowest BCUT2D eigenvalue weighted by molar-refractivity contribution is 0.0995. The molecule has 0 aliphatic carbocycles. The molecule has 1 amide bonds. The highest BCUT2D eigenvalue weighted by Crippen LogP contribution is 2.27. The summed E-state index contributed by atoms with van der Waals surface area (Å²) in [5, 5.41) is 0.698. The number of hydrogen-bond donors (Lipinski definition) is 3. The van der Waals surface area contributed by atoms with Gasteiger partial charge in [-0.2, -0.15) is 0 Å². The van der Waals surface area contributed by atoms with E-state index in [0.717, 1.165) is 11.8 Å². The van der Waals surface area contributed by atoms with Gasteiger partial charge in [0.15, 0.2) is 5.16 Å². The molecule has 2 rings (SSSR count). The van der Waals surface area contributed by atoms with Gasteiger partial charge in [-0.15, -0.1) is 0 Å². The first-order valence-corrected chi connectivity index (χ1v) is 5.67. The summed E-state index contributed by atoms with van der Waals surface area (Å²) in [7, 11) is 0. The quantitative estimate of drug-likeness (QED) is 0.668. The van der Waals surface area contributed by atoms with E-state index in [2.05, 4.69) is 15.0 Å². The summed E-state index contributed by atoms with van der Waals surface area (Å²) < 4.78 is 0. The summed E-state index contributed by atoms with van der Waals surface area (Å²) in [6.07, 6.45) is 1.37. The third-order valence-corrected chi connectivity index (χ3v) is 2.90. The van der Waals surface area contributed by atoms with Crippen LogP contribution < -0.4 is 17.0 Å². The molecule has 92 valence electrons. The number of carbonyl (C=O) groups is 1. The second-order valence-electron chi connectivity index (χ2n) is 3.30. The van der Waals surface area contributed by atoms with Crippen LogP contribution in [0.1, 0.15) is 10.5 Å². The summed E-state index contributed by atoms with van der Waals surface area (Å²) >= 11 is 1.05. The largest absolute Gasteiger partial charge is 0.397 e. The Balaban J connectivity index is 2.36. The van der Waals surface area contributed by atoms with E-state index in [-0.39, 0.29) is 11.3 Å². The molecule has 0 saturated carbocycles. The lowest BCUT2D eigenvalue weighted by Gasteiger charge is -2.04. The fourth-order valence-corrected chi connectivity index (χ4v) is 1.94. The van der Waals surface area contributed by atoms with Gasteiger partial charge in [-0.25, -0.2) is 9.97 Å². The van der Waals surface area contributed by atoms with Crippen LogP contribution in [0, 0.1) is 0 Å². The Morgan fingerprint density at radius 2 is 2.11 bits per heavy atom. The summed E-state index contributed by atoms with van der Waals surface area (Å²) in [5.41, 5.74) is 11.0. The molecule has 0 spiro atoms. The van der Waals surface area contributed by atoms with Crippen molar-refractivity contribution in [3.05, 3.63) is 40.4 Å². The molecule has 2 heterocycles. The third kappa shape index (κ3) is 2.66. The molecule has 0 saturated heterocycles. The maximum absolute atomic E-state index is 11.1. The van der Waals surface area contributed by atoms with Crippen molar-refractivity contribution in [1.82, 2.24) is 15.0 Å². The standard InChI is InChI=1S/C10H9N5O2S/c11-5-1-2-6(8(12)17)14-9(5)18-10-13-4-3-7(16)15-10/h1-4H,11H2,(H2,12,17)(H,13,15,16). The third-order valence-electron chi connectivity index (χ3n) is 1.98. The van der Waals surface area contributed by atoms with Crippen molar-refractivity contribution in [3.8, 4) is 0 Å². The number of nitrogens with one attached hydrogen (secondary N) is 1. The van der Waals surface area contributed by atoms with E-state index in [1.165, 1.54) is 24.4 Å². The zero-order chi connectivity index (χ0) is 13.1. The zero-order valence-corrected chi connectivity index (χ0v) is 9.90. The Labute approximate surface area is 106 Å². The Kier molecular flexibility index (Phi) is 3.28. The van der Waals surface area contributed by atoms with E-state index < -0.39 is 5.91 Å². The molecule has 0 aromatic carbocycles. The highest BCUT2D eigenvalue weighted by Gasteiger charge is 2.09. The van der Waals surface area contributed by atoms with Crippen LogP contribution in [0.15, 0.2) is 39.4 Å². The van der Waals surface area contributed by atoms with Crippen molar-refractivity contribution in [2.24, 2.45) is 5.73 Å². The molecular formula is C10H9N5O2S. The Bertz CT molecular complexity index is 655. The molecule has 0 unspecified atom stereocenters. The van der Waals surface area contributed by atoms with Gasteiger partial charge in [0.1, 0.15) is 10.7 Å². The van der Waals surface area contributed by atoms with Crippen molar-refractivity contribution >= 4 is 23.4 Å². The van der Waals surface area contributed by atoms with Crippen LogP contribution in [-0.4, -0.2) is 20.9 Å². The molecular weight excluding hydrogens is 254 g/mol. The molecule has 0 atom stereocenters. The average molecular weight is 263 g/mol. The monoisotopic (exact) mass is 263 g/mol. The first-order valence-electron chi connectivity index (χ1n) is 4.86. The first kappa shape index (κ1) is 12.1. The number of anilines is 1.